The molecule has 0 aliphatic carbocycles. The lowest BCUT2D eigenvalue weighted by Crippen LogP contribution is -2.31. The minimum absolute atomic E-state index is 0.127. The Hall–Kier alpha value is -2.29. The summed E-state index contributed by atoms with van der Waals surface area (Å²) < 4.78 is 5.94. The van der Waals surface area contributed by atoms with Gasteiger partial charge in [-0.05, 0) is 74.9 Å². The molecule has 0 saturated heterocycles. The molecule has 3 heteroatoms. The number of benzene rings is 2. The first-order valence-corrected chi connectivity index (χ1v) is 8.47. The summed E-state index contributed by atoms with van der Waals surface area (Å²) in [6, 6.07) is 10.2. The molecule has 0 aliphatic heterocycles. The lowest BCUT2D eigenvalue weighted by atomic mass is 10.1. The van der Waals surface area contributed by atoms with Gasteiger partial charge in [0.15, 0.2) is 6.10 Å². The molecule has 1 atom stereocenters. The van der Waals surface area contributed by atoms with Crippen LogP contribution in [0.2, 0.25) is 0 Å². The second-order valence-electron chi connectivity index (χ2n) is 6.42. The molecule has 0 fully saturated rings. The monoisotopic (exact) mass is 325 g/mol. The van der Waals surface area contributed by atoms with Crippen molar-refractivity contribution in [2.45, 2.75) is 54.1 Å². The van der Waals surface area contributed by atoms with E-state index in [0.717, 1.165) is 40.1 Å². The molecule has 0 unspecified atom stereocenters. The molecule has 0 radical (unpaired) electrons. The first-order valence-electron chi connectivity index (χ1n) is 8.47. The Bertz CT molecular complexity index is 750. The van der Waals surface area contributed by atoms with E-state index in [4.69, 9.17) is 4.74 Å². The summed E-state index contributed by atoms with van der Waals surface area (Å²) >= 11 is 0. The first kappa shape index (κ1) is 18.1. The summed E-state index contributed by atoms with van der Waals surface area (Å²) in [5, 5.41) is 3.03. The van der Waals surface area contributed by atoms with E-state index in [1.807, 2.05) is 45.0 Å². The zero-order valence-electron chi connectivity index (χ0n) is 15.5. The van der Waals surface area contributed by atoms with Crippen molar-refractivity contribution in [1.82, 2.24) is 0 Å². The minimum atomic E-state index is -0.561. The highest BCUT2D eigenvalue weighted by molar-refractivity contribution is 5.95. The summed E-state index contributed by atoms with van der Waals surface area (Å²) in [5.41, 5.74) is 6.48. The molecule has 0 bridgehead atoms. The number of hydrogen-bond donors (Lipinski definition) is 1. The molecule has 0 aromatic heterocycles. The molecule has 3 nitrogen and oxygen atoms in total. The fourth-order valence-electron chi connectivity index (χ4n) is 2.79. The van der Waals surface area contributed by atoms with Gasteiger partial charge in [-0.3, -0.25) is 4.79 Å². The van der Waals surface area contributed by atoms with Gasteiger partial charge in [-0.25, -0.2) is 0 Å². The number of carbonyl (C=O) groups excluding carboxylic acids is 1. The van der Waals surface area contributed by atoms with E-state index < -0.39 is 6.10 Å². The van der Waals surface area contributed by atoms with Gasteiger partial charge in [-0.1, -0.05) is 31.2 Å². The van der Waals surface area contributed by atoms with Crippen molar-refractivity contribution in [2.75, 3.05) is 5.32 Å². The number of carbonyl (C=O) groups is 1. The van der Waals surface area contributed by atoms with Gasteiger partial charge in [-0.2, -0.15) is 0 Å². The van der Waals surface area contributed by atoms with Crippen LogP contribution in [-0.4, -0.2) is 12.0 Å². The molecule has 0 aliphatic rings. The van der Waals surface area contributed by atoms with E-state index in [9.17, 15) is 4.79 Å². The lowest BCUT2D eigenvalue weighted by Gasteiger charge is -2.19. The summed E-state index contributed by atoms with van der Waals surface area (Å²) in [5.74, 6) is 0.646. The average Bonchev–Trinajstić information content (AvgIpc) is 2.53. The molecule has 2 aromatic rings. The van der Waals surface area contributed by atoms with E-state index in [2.05, 4.69) is 25.2 Å². The van der Waals surface area contributed by atoms with Gasteiger partial charge < -0.3 is 10.1 Å². The smallest absolute Gasteiger partial charge is 0.265 e. The first-order chi connectivity index (χ1) is 11.3. The highest BCUT2D eigenvalue weighted by Crippen LogP contribution is 2.25. The molecule has 2 rings (SSSR count). The summed E-state index contributed by atoms with van der Waals surface area (Å²) in [6.45, 7) is 12.0. The standard InChI is InChI=1S/C21H27NO2/c1-7-18-10-8-9-14(3)20(18)22-21(23)17(6)24-19-12-13(2)11-15(4)16(19)5/h8-12,17H,7H2,1-6H3,(H,22,23)/t17-/m0/s1. The Morgan fingerprint density at radius 2 is 1.83 bits per heavy atom. The largest absolute Gasteiger partial charge is 0.481 e. The number of aryl methyl sites for hydroxylation is 4. The molecule has 0 spiro atoms. The molecular formula is C21H27NO2. The average molecular weight is 325 g/mol. The van der Waals surface area contributed by atoms with Crippen molar-refractivity contribution in [1.29, 1.82) is 0 Å². The van der Waals surface area contributed by atoms with Crippen molar-refractivity contribution in [2.24, 2.45) is 0 Å². The number of anilines is 1. The zero-order chi connectivity index (χ0) is 17.9. The second-order valence-corrected chi connectivity index (χ2v) is 6.42. The number of ether oxygens (including phenoxy) is 1. The SMILES string of the molecule is CCc1cccc(C)c1NC(=O)[C@H](C)Oc1cc(C)cc(C)c1C. The van der Waals surface area contributed by atoms with Crippen LogP contribution in [0.15, 0.2) is 30.3 Å². The highest BCUT2D eigenvalue weighted by Gasteiger charge is 2.18. The van der Waals surface area contributed by atoms with Crippen LogP contribution in [0.5, 0.6) is 5.75 Å². The number of rotatable bonds is 5. The molecule has 0 saturated carbocycles. The van der Waals surface area contributed by atoms with Crippen LogP contribution in [0, 0.1) is 27.7 Å². The van der Waals surface area contributed by atoms with Gasteiger partial charge in [-0.15, -0.1) is 0 Å². The minimum Gasteiger partial charge on any atom is -0.481 e. The van der Waals surface area contributed by atoms with Gasteiger partial charge in [0.1, 0.15) is 5.75 Å². The van der Waals surface area contributed by atoms with Crippen LogP contribution in [0.4, 0.5) is 5.69 Å². The number of hydrogen-bond acceptors (Lipinski definition) is 2. The fourth-order valence-corrected chi connectivity index (χ4v) is 2.79. The number of para-hydroxylation sites is 1. The van der Waals surface area contributed by atoms with Gasteiger partial charge >= 0.3 is 0 Å². The highest BCUT2D eigenvalue weighted by atomic mass is 16.5. The Morgan fingerprint density at radius 3 is 2.50 bits per heavy atom. The van der Waals surface area contributed by atoms with Crippen LogP contribution in [0.25, 0.3) is 0 Å². The number of nitrogens with one attached hydrogen (secondary N) is 1. The normalized spacial score (nSPS) is 11.9. The molecule has 1 amide bonds. The van der Waals surface area contributed by atoms with Crippen LogP contribution < -0.4 is 10.1 Å². The maximum Gasteiger partial charge on any atom is 0.265 e. The molecule has 1 N–H and O–H groups in total. The maximum atomic E-state index is 12.6. The maximum absolute atomic E-state index is 12.6. The molecule has 24 heavy (non-hydrogen) atoms. The van der Waals surface area contributed by atoms with E-state index in [0.29, 0.717) is 0 Å². The van der Waals surface area contributed by atoms with E-state index >= 15 is 0 Å². The predicted molar refractivity (Wildman–Crippen MR) is 99.9 cm³/mol. The van der Waals surface area contributed by atoms with Crippen LogP contribution in [0.3, 0.4) is 0 Å². The Labute approximate surface area is 145 Å². The number of amides is 1. The zero-order valence-corrected chi connectivity index (χ0v) is 15.5. The Morgan fingerprint density at radius 1 is 1.12 bits per heavy atom. The third-order valence-electron chi connectivity index (χ3n) is 4.43. The van der Waals surface area contributed by atoms with Crippen molar-refractivity contribution in [3.63, 3.8) is 0 Å². The second kappa shape index (κ2) is 7.52. The molecule has 2 aromatic carbocycles. The van der Waals surface area contributed by atoms with Gasteiger partial charge in [0.05, 0.1) is 0 Å². The quantitative estimate of drug-likeness (QED) is 0.850. The van der Waals surface area contributed by atoms with Crippen LogP contribution in [-0.2, 0) is 11.2 Å². The van der Waals surface area contributed by atoms with Crippen LogP contribution in [0.1, 0.15) is 41.7 Å². The van der Waals surface area contributed by atoms with E-state index in [1.165, 1.54) is 5.56 Å². The van der Waals surface area contributed by atoms with Gasteiger partial charge in [0.2, 0.25) is 0 Å². The van der Waals surface area contributed by atoms with Crippen molar-refractivity contribution in [3.8, 4) is 5.75 Å². The topological polar surface area (TPSA) is 38.3 Å². The van der Waals surface area contributed by atoms with Gasteiger partial charge in [0.25, 0.3) is 5.91 Å². The lowest BCUT2D eigenvalue weighted by molar-refractivity contribution is -0.122. The predicted octanol–water partition coefficient (Wildman–Crippen LogP) is 4.89. The summed E-state index contributed by atoms with van der Waals surface area (Å²) in [6.07, 6.45) is 0.317. The summed E-state index contributed by atoms with van der Waals surface area (Å²) in [4.78, 5) is 12.6. The van der Waals surface area contributed by atoms with Crippen molar-refractivity contribution < 1.29 is 9.53 Å². The third-order valence-corrected chi connectivity index (χ3v) is 4.43. The van der Waals surface area contributed by atoms with E-state index in [1.54, 1.807) is 6.92 Å². The molecule has 0 heterocycles. The fraction of sp³-hybridized carbons (Fsp3) is 0.381. The summed E-state index contributed by atoms with van der Waals surface area (Å²) in [7, 11) is 0. The van der Waals surface area contributed by atoms with Crippen molar-refractivity contribution in [3.05, 3.63) is 58.1 Å². The Balaban J connectivity index is 2.17. The Kier molecular flexibility index (Phi) is 5.66. The molecular weight excluding hydrogens is 298 g/mol. The third kappa shape index (κ3) is 3.97. The van der Waals surface area contributed by atoms with Crippen LogP contribution >= 0.6 is 0 Å². The van der Waals surface area contributed by atoms with E-state index in [-0.39, 0.29) is 5.91 Å². The van der Waals surface area contributed by atoms with Gasteiger partial charge in [0, 0.05) is 5.69 Å². The van der Waals surface area contributed by atoms with Crippen molar-refractivity contribution >= 4 is 11.6 Å². The molecule has 128 valence electrons.